The van der Waals surface area contributed by atoms with Crippen molar-refractivity contribution in [2.24, 2.45) is 5.73 Å². The summed E-state index contributed by atoms with van der Waals surface area (Å²) in [6, 6.07) is 10.4. The van der Waals surface area contributed by atoms with Gasteiger partial charge in [0.15, 0.2) is 0 Å². The molecule has 0 saturated carbocycles. The molecule has 6 nitrogen and oxygen atoms in total. The van der Waals surface area contributed by atoms with Crippen LogP contribution in [0.15, 0.2) is 47.9 Å². The van der Waals surface area contributed by atoms with Gasteiger partial charge >= 0.3 is 0 Å². The van der Waals surface area contributed by atoms with Gasteiger partial charge in [-0.2, -0.15) is 0 Å². The summed E-state index contributed by atoms with van der Waals surface area (Å²) in [5, 5.41) is 7.19. The van der Waals surface area contributed by atoms with E-state index in [-0.39, 0.29) is 24.8 Å². The van der Waals surface area contributed by atoms with Gasteiger partial charge in [0.1, 0.15) is 0 Å². The number of hydrogen-bond acceptors (Lipinski definition) is 4. The molecule has 1 heterocycles. The van der Waals surface area contributed by atoms with Crippen molar-refractivity contribution in [3.8, 4) is 0 Å². The van der Waals surface area contributed by atoms with Crippen LogP contribution in [-0.2, 0) is 9.59 Å². The van der Waals surface area contributed by atoms with Crippen molar-refractivity contribution in [2.45, 2.75) is 6.42 Å². The van der Waals surface area contributed by atoms with E-state index in [0.29, 0.717) is 11.3 Å². The summed E-state index contributed by atoms with van der Waals surface area (Å²) in [5.74, 6) is -1.20. The summed E-state index contributed by atoms with van der Waals surface area (Å²) in [5.41, 5.74) is 5.75. The van der Waals surface area contributed by atoms with Gasteiger partial charge in [0.2, 0.25) is 11.8 Å². The topological polar surface area (TPSA) is 101 Å². The quantitative estimate of drug-likeness (QED) is 0.670. The van der Waals surface area contributed by atoms with Crippen molar-refractivity contribution in [1.29, 1.82) is 0 Å². The zero-order chi connectivity index (χ0) is 17.4. The van der Waals surface area contributed by atoms with Crippen LogP contribution in [0, 0.1) is 0 Å². The van der Waals surface area contributed by atoms with Crippen LogP contribution in [0.5, 0.6) is 0 Å². The molecule has 7 heteroatoms. The fourth-order valence-corrected chi connectivity index (χ4v) is 2.52. The molecule has 0 aliphatic rings. The van der Waals surface area contributed by atoms with Gasteiger partial charge in [-0.25, -0.2) is 0 Å². The summed E-state index contributed by atoms with van der Waals surface area (Å²) >= 11 is 1.52. The predicted molar refractivity (Wildman–Crippen MR) is 94.6 cm³/mol. The Morgan fingerprint density at radius 3 is 2.62 bits per heavy atom. The van der Waals surface area contributed by atoms with E-state index in [1.165, 1.54) is 17.4 Å². The lowest BCUT2D eigenvalue weighted by Crippen LogP contribution is -2.28. The third-order valence-electron chi connectivity index (χ3n) is 3.03. The molecule has 24 heavy (non-hydrogen) atoms. The van der Waals surface area contributed by atoms with Crippen molar-refractivity contribution >= 4 is 40.8 Å². The monoisotopic (exact) mass is 343 g/mol. The molecule has 1 aromatic heterocycles. The van der Waals surface area contributed by atoms with E-state index in [0.717, 1.165) is 4.88 Å². The second-order valence-corrected chi connectivity index (χ2v) is 5.84. The number of amides is 3. The maximum Gasteiger partial charge on any atom is 0.253 e. The Morgan fingerprint density at radius 1 is 1.12 bits per heavy atom. The maximum atomic E-state index is 12.1. The van der Waals surface area contributed by atoms with Crippen LogP contribution >= 0.6 is 11.3 Å². The molecule has 1 aromatic carbocycles. The number of carbonyl (C=O) groups is 3. The minimum atomic E-state index is -0.490. The Labute approximate surface area is 143 Å². The Hall–Kier alpha value is -2.93. The zero-order valence-corrected chi connectivity index (χ0v) is 13.6. The lowest BCUT2D eigenvalue weighted by molar-refractivity contribution is -0.118. The van der Waals surface area contributed by atoms with Gasteiger partial charge in [0.25, 0.3) is 5.91 Å². The lowest BCUT2D eigenvalue weighted by Gasteiger charge is -2.10. The van der Waals surface area contributed by atoms with Gasteiger partial charge in [-0.1, -0.05) is 18.2 Å². The minimum Gasteiger partial charge on any atom is -0.370 e. The van der Waals surface area contributed by atoms with E-state index >= 15 is 0 Å². The number of primary amides is 1. The number of nitrogens with one attached hydrogen (secondary N) is 2. The number of benzene rings is 1. The number of carbonyl (C=O) groups excluding carboxylic acids is 3. The highest BCUT2D eigenvalue weighted by molar-refractivity contribution is 7.10. The van der Waals surface area contributed by atoms with Crippen LogP contribution in [-0.4, -0.2) is 24.3 Å². The van der Waals surface area contributed by atoms with Crippen LogP contribution in [0.25, 0.3) is 6.08 Å². The average molecular weight is 343 g/mol. The molecule has 0 radical (unpaired) electrons. The van der Waals surface area contributed by atoms with Crippen molar-refractivity contribution in [3.63, 3.8) is 0 Å². The van der Waals surface area contributed by atoms with Crippen molar-refractivity contribution in [3.05, 3.63) is 58.3 Å². The Kier molecular flexibility index (Phi) is 6.27. The summed E-state index contributed by atoms with van der Waals surface area (Å²) in [7, 11) is 0. The number of hydrogen-bond donors (Lipinski definition) is 3. The number of anilines is 1. The fraction of sp³-hybridized carbons (Fsp3) is 0.118. The SMILES string of the molecule is NC(=O)CCNC(=O)c1ccccc1NC(=O)/C=C/c1cccs1. The van der Waals surface area contributed by atoms with Crippen molar-refractivity contribution in [1.82, 2.24) is 5.32 Å². The standard InChI is InChI=1S/C17H17N3O3S/c18-15(21)9-10-19-17(23)13-5-1-2-6-14(13)20-16(22)8-7-12-4-3-11-24-12/h1-8,11H,9-10H2,(H2,18,21)(H,19,23)(H,20,22)/b8-7+. The first kappa shape index (κ1) is 17.4. The first-order valence-corrected chi connectivity index (χ1v) is 8.12. The van der Waals surface area contributed by atoms with E-state index in [4.69, 9.17) is 5.73 Å². The van der Waals surface area contributed by atoms with Crippen molar-refractivity contribution < 1.29 is 14.4 Å². The van der Waals surface area contributed by atoms with Crippen LogP contribution in [0.2, 0.25) is 0 Å². The van der Waals surface area contributed by atoms with Gasteiger partial charge < -0.3 is 16.4 Å². The number of thiophene rings is 1. The summed E-state index contributed by atoms with van der Waals surface area (Å²) in [6.07, 6.45) is 3.17. The first-order chi connectivity index (χ1) is 11.6. The highest BCUT2D eigenvalue weighted by atomic mass is 32.1. The van der Waals surface area contributed by atoms with E-state index in [9.17, 15) is 14.4 Å². The lowest BCUT2D eigenvalue weighted by atomic mass is 10.1. The molecule has 124 valence electrons. The summed E-state index contributed by atoms with van der Waals surface area (Å²) in [6.45, 7) is 0.148. The molecule has 0 aliphatic carbocycles. The van der Waals surface area contributed by atoms with E-state index < -0.39 is 5.91 Å². The van der Waals surface area contributed by atoms with Gasteiger partial charge in [0.05, 0.1) is 11.3 Å². The molecular formula is C17H17N3O3S. The number of rotatable bonds is 7. The Morgan fingerprint density at radius 2 is 1.92 bits per heavy atom. The molecule has 4 N–H and O–H groups in total. The van der Waals surface area contributed by atoms with Gasteiger partial charge in [-0.15, -0.1) is 11.3 Å². The second kappa shape index (κ2) is 8.64. The van der Waals surface area contributed by atoms with Crippen molar-refractivity contribution in [2.75, 3.05) is 11.9 Å². The number of para-hydroxylation sites is 1. The molecule has 0 bridgehead atoms. The number of nitrogens with two attached hydrogens (primary N) is 1. The summed E-state index contributed by atoms with van der Waals surface area (Å²) in [4.78, 5) is 35.8. The smallest absolute Gasteiger partial charge is 0.253 e. The van der Waals surface area contributed by atoms with Crippen LogP contribution in [0.3, 0.4) is 0 Å². The predicted octanol–water partition coefficient (Wildman–Crippen LogP) is 2.01. The van der Waals surface area contributed by atoms with E-state index in [1.807, 2.05) is 17.5 Å². The Balaban J connectivity index is 2.01. The molecule has 0 aliphatic heterocycles. The maximum absolute atomic E-state index is 12.1. The molecule has 3 amide bonds. The summed E-state index contributed by atoms with van der Waals surface area (Å²) < 4.78 is 0. The molecule has 0 fully saturated rings. The fourth-order valence-electron chi connectivity index (χ4n) is 1.90. The van der Waals surface area contributed by atoms with Gasteiger partial charge in [-0.05, 0) is 29.7 Å². The highest BCUT2D eigenvalue weighted by Gasteiger charge is 2.12. The van der Waals surface area contributed by atoms with Gasteiger partial charge in [-0.3, -0.25) is 14.4 Å². The van der Waals surface area contributed by atoms with E-state index in [2.05, 4.69) is 10.6 Å². The molecule has 0 atom stereocenters. The van der Waals surface area contributed by atoms with Crippen LogP contribution in [0.1, 0.15) is 21.7 Å². The van der Waals surface area contributed by atoms with Gasteiger partial charge in [0, 0.05) is 23.9 Å². The zero-order valence-electron chi connectivity index (χ0n) is 12.8. The molecular weight excluding hydrogens is 326 g/mol. The van der Waals surface area contributed by atoms with Crippen LogP contribution in [0.4, 0.5) is 5.69 Å². The molecule has 0 saturated heterocycles. The molecule has 0 spiro atoms. The molecule has 0 unspecified atom stereocenters. The first-order valence-electron chi connectivity index (χ1n) is 7.24. The normalized spacial score (nSPS) is 10.5. The largest absolute Gasteiger partial charge is 0.370 e. The second-order valence-electron chi connectivity index (χ2n) is 4.86. The Bertz CT molecular complexity index is 754. The molecule has 2 aromatic rings. The van der Waals surface area contributed by atoms with E-state index in [1.54, 1.807) is 30.3 Å². The third-order valence-corrected chi connectivity index (χ3v) is 3.87. The third kappa shape index (κ3) is 5.36. The van der Waals surface area contributed by atoms with Crippen LogP contribution < -0.4 is 16.4 Å². The molecule has 2 rings (SSSR count). The minimum absolute atomic E-state index is 0.0593. The highest BCUT2D eigenvalue weighted by Crippen LogP contribution is 2.15. The average Bonchev–Trinajstić information content (AvgIpc) is 3.06.